The molecule has 3 heterocycles. The number of pyridine rings is 1. The maximum atomic E-state index is 5.00. The number of benzene rings is 1. The number of hydrogen-bond acceptors (Lipinski definition) is 3. The SMILES string of the molecule is CC1CCCN1c1cccc(-c2c[c]ccc2CN2CCCC2)n1. The number of likely N-dealkylation sites (tertiary alicyclic amines) is 1. The highest BCUT2D eigenvalue weighted by molar-refractivity contribution is 5.65. The van der Waals surface area contributed by atoms with Crippen molar-refractivity contribution in [2.24, 2.45) is 0 Å². The Hall–Kier alpha value is -1.87. The van der Waals surface area contributed by atoms with E-state index in [1.165, 1.54) is 49.9 Å². The fourth-order valence-electron chi connectivity index (χ4n) is 4.03. The minimum Gasteiger partial charge on any atom is -0.354 e. The second-order valence-electron chi connectivity index (χ2n) is 7.13. The van der Waals surface area contributed by atoms with E-state index >= 15 is 0 Å². The number of hydrogen-bond donors (Lipinski definition) is 0. The number of rotatable bonds is 4. The van der Waals surface area contributed by atoms with Gasteiger partial charge in [0.25, 0.3) is 0 Å². The van der Waals surface area contributed by atoms with Crippen LogP contribution in [0.25, 0.3) is 11.3 Å². The van der Waals surface area contributed by atoms with Gasteiger partial charge in [0.15, 0.2) is 0 Å². The predicted octanol–water partition coefficient (Wildman–Crippen LogP) is 4.13. The summed E-state index contributed by atoms with van der Waals surface area (Å²) in [6.45, 7) is 6.89. The van der Waals surface area contributed by atoms with Crippen LogP contribution in [0.15, 0.2) is 36.4 Å². The largest absolute Gasteiger partial charge is 0.354 e. The lowest BCUT2D eigenvalue weighted by Crippen LogP contribution is -2.27. The Bertz CT molecular complexity index is 691. The van der Waals surface area contributed by atoms with E-state index in [-0.39, 0.29) is 0 Å². The average Bonchev–Trinajstić information content (AvgIpc) is 3.27. The normalized spacial score (nSPS) is 21.5. The Labute approximate surface area is 145 Å². The van der Waals surface area contributed by atoms with Crippen molar-refractivity contribution in [1.29, 1.82) is 0 Å². The molecule has 1 atom stereocenters. The van der Waals surface area contributed by atoms with Gasteiger partial charge in [-0.2, -0.15) is 0 Å². The van der Waals surface area contributed by atoms with E-state index in [0.717, 1.165) is 24.6 Å². The van der Waals surface area contributed by atoms with Crippen LogP contribution in [0.5, 0.6) is 0 Å². The molecule has 2 saturated heterocycles. The van der Waals surface area contributed by atoms with Crippen molar-refractivity contribution >= 4 is 5.82 Å². The van der Waals surface area contributed by atoms with Crippen molar-refractivity contribution in [3.05, 3.63) is 48.0 Å². The van der Waals surface area contributed by atoms with Gasteiger partial charge in [0.1, 0.15) is 5.82 Å². The van der Waals surface area contributed by atoms with Gasteiger partial charge in [0.05, 0.1) is 5.69 Å². The molecule has 125 valence electrons. The number of nitrogens with zero attached hydrogens (tertiary/aromatic N) is 3. The third kappa shape index (κ3) is 3.18. The molecular weight excluding hydrogens is 294 g/mol. The molecule has 24 heavy (non-hydrogen) atoms. The van der Waals surface area contributed by atoms with Crippen LogP contribution in [0.2, 0.25) is 0 Å². The molecule has 2 aromatic rings. The van der Waals surface area contributed by atoms with E-state index in [9.17, 15) is 0 Å². The summed E-state index contributed by atoms with van der Waals surface area (Å²) in [5.74, 6) is 1.12. The highest BCUT2D eigenvalue weighted by atomic mass is 15.2. The van der Waals surface area contributed by atoms with Crippen LogP contribution >= 0.6 is 0 Å². The summed E-state index contributed by atoms with van der Waals surface area (Å²) < 4.78 is 0. The summed E-state index contributed by atoms with van der Waals surface area (Å²) >= 11 is 0. The fraction of sp³-hybridized carbons (Fsp3) is 0.476. The zero-order chi connectivity index (χ0) is 16.4. The molecule has 1 aromatic carbocycles. The van der Waals surface area contributed by atoms with Crippen molar-refractivity contribution < 1.29 is 0 Å². The van der Waals surface area contributed by atoms with Gasteiger partial charge in [-0.15, -0.1) is 0 Å². The molecule has 2 aliphatic heterocycles. The Morgan fingerprint density at radius 2 is 2.00 bits per heavy atom. The third-order valence-corrected chi connectivity index (χ3v) is 5.40. The van der Waals surface area contributed by atoms with Gasteiger partial charge in [-0.3, -0.25) is 4.90 Å². The molecule has 1 aromatic heterocycles. The summed E-state index contributed by atoms with van der Waals surface area (Å²) in [4.78, 5) is 9.99. The number of aromatic nitrogens is 1. The van der Waals surface area contributed by atoms with Gasteiger partial charge < -0.3 is 4.90 Å². The second kappa shape index (κ2) is 6.94. The molecule has 0 bridgehead atoms. The lowest BCUT2D eigenvalue weighted by Gasteiger charge is -2.23. The maximum Gasteiger partial charge on any atom is 0.129 e. The summed E-state index contributed by atoms with van der Waals surface area (Å²) in [6, 6.07) is 16.6. The Morgan fingerprint density at radius 3 is 2.79 bits per heavy atom. The van der Waals surface area contributed by atoms with Crippen LogP contribution in [0.1, 0.15) is 38.2 Å². The Morgan fingerprint density at radius 1 is 1.12 bits per heavy atom. The zero-order valence-electron chi connectivity index (χ0n) is 14.5. The van der Waals surface area contributed by atoms with Gasteiger partial charge in [-0.05, 0) is 75.5 Å². The van der Waals surface area contributed by atoms with Crippen LogP contribution in [0, 0.1) is 6.07 Å². The lowest BCUT2D eigenvalue weighted by molar-refractivity contribution is 0.332. The van der Waals surface area contributed by atoms with E-state index < -0.39 is 0 Å². The molecule has 0 aliphatic carbocycles. The van der Waals surface area contributed by atoms with Crippen molar-refractivity contribution in [2.75, 3.05) is 24.5 Å². The molecule has 4 rings (SSSR count). The molecule has 3 heteroatoms. The fourth-order valence-corrected chi connectivity index (χ4v) is 4.03. The summed E-state index contributed by atoms with van der Waals surface area (Å²) in [6.07, 6.45) is 5.20. The highest BCUT2D eigenvalue weighted by Crippen LogP contribution is 2.28. The first kappa shape index (κ1) is 15.6. The van der Waals surface area contributed by atoms with E-state index in [0.29, 0.717) is 6.04 Å². The topological polar surface area (TPSA) is 19.4 Å². The van der Waals surface area contributed by atoms with Crippen LogP contribution in [-0.2, 0) is 6.54 Å². The smallest absolute Gasteiger partial charge is 0.129 e. The zero-order valence-corrected chi connectivity index (χ0v) is 14.5. The molecule has 0 amide bonds. The van der Waals surface area contributed by atoms with Crippen LogP contribution in [0.4, 0.5) is 5.82 Å². The van der Waals surface area contributed by atoms with E-state index in [1.807, 2.05) is 6.07 Å². The Kier molecular flexibility index (Phi) is 4.52. The first-order chi connectivity index (χ1) is 11.8. The monoisotopic (exact) mass is 320 g/mol. The first-order valence-corrected chi connectivity index (χ1v) is 9.27. The minimum absolute atomic E-state index is 0.596. The summed E-state index contributed by atoms with van der Waals surface area (Å²) in [5, 5.41) is 0. The average molecular weight is 320 g/mol. The third-order valence-electron chi connectivity index (χ3n) is 5.40. The summed E-state index contributed by atoms with van der Waals surface area (Å²) in [7, 11) is 0. The predicted molar refractivity (Wildman–Crippen MR) is 99.1 cm³/mol. The summed E-state index contributed by atoms with van der Waals surface area (Å²) in [5.41, 5.74) is 3.69. The maximum absolute atomic E-state index is 5.00. The molecule has 3 nitrogen and oxygen atoms in total. The van der Waals surface area contributed by atoms with Gasteiger partial charge in [0.2, 0.25) is 0 Å². The standard InChI is InChI=1S/C21H26N3/c1-17-8-7-15-24(17)21-12-6-11-20(22-21)19-10-3-2-9-18(19)16-23-13-4-5-14-23/h2,6,9-12,17H,4-5,7-8,13-16H2,1H3. The molecule has 0 N–H and O–H groups in total. The molecule has 2 aliphatic rings. The second-order valence-corrected chi connectivity index (χ2v) is 7.13. The minimum atomic E-state index is 0.596. The van der Waals surface area contributed by atoms with Gasteiger partial charge >= 0.3 is 0 Å². The van der Waals surface area contributed by atoms with Crippen LogP contribution in [0.3, 0.4) is 0 Å². The quantitative estimate of drug-likeness (QED) is 0.844. The molecule has 1 radical (unpaired) electrons. The molecule has 0 spiro atoms. The highest BCUT2D eigenvalue weighted by Gasteiger charge is 2.22. The van der Waals surface area contributed by atoms with Crippen LogP contribution < -0.4 is 4.90 Å². The van der Waals surface area contributed by atoms with Gasteiger partial charge in [-0.25, -0.2) is 4.98 Å². The first-order valence-electron chi connectivity index (χ1n) is 9.27. The molecule has 2 fully saturated rings. The lowest BCUT2D eigenvalue weighted by atomic mass is 10.0. The van der Waals surface area contributed by atoms with E-state index in [2.05, 4.69) is 53.1 Å². The molecule has 1 unspecified atom stereocenters. The van der Waals surface area contributed by atoms with Crippen molar-refractivity contribution in [2.45, 2.75) is 45.2 Å². The van der Waals surface area contributed by atoms with Gasteiger partial charge in [0, 0.05) is 24.7 Å². The van der Waals surface area contributed by atoms with Gasteiger partial charge in [-0.1, -0.05) is 18.2 Å². The Balaban J connectivity index is 1.63. The molecule has 0 saturated carbocycles. The van der Waals surface area contributed by atoms with Crippen molar-refractivity contribution in [1.82, 2.24) is 9.88 Å². The van der Waals surface area contributed by atoms with Crippen molar-refractivity contribution in [3.63, 3.8) is 0 Å². The van der Waals surface area contributed by atoms with Crippen molar-refractivity contribution in [3.8, 4) is 11.3 Å². The molecular formula is C21H26N3. The van der Waals surface area contributed by atoms with E-state index in [1.54, 1.807) is 0 Å². The van der Waals surface area contributed by atoms with Crippen LogP contribution in [-0.4, -0.2) is 35.6 Å². The number of anilines is 1. The van der Waals surface area contributed by atoms with E-state index in [4.69, 9.17) is 4.98 Å².